The molecule has 8 heteroatoms. The lowest BCUT2D eigenvalue weighted by atomic mass is 10.0. The highest BCUT2D eigenvalue weighted by atomic mass is 19.1. The zero-order chi connectivity index (χ0) is 30.2. The zero-order valence-electron chi connectivity index (χ0n) is 23.8. The van der Waals surface area contributed by atoms with E-state index in [9.17, 15) is 18.8 Å². The van der Waals surface area contributed by atoms with E-state index in [1.54, 1.807) is 18.2 Å². The van der Waals surface area contributed by atoms with Crippen LogP contribution in [0, 0.1) is 5.82 Å². The summed E-state index contributed by atoms with van der Waals surface area (Å²) in [6.07, 6.45) is 7.90. The maximum atomic E-state index is 13.3. The summed E-state index contributed by atoms with van der Waals surface area (Å²) in [6, 6.07) is 14.2. The third kappa shape index (κ3) is 8.46. The molecule has 0 unspecified atom stereocenters. The smallest absolute Gasteiger partial charge is 0.328 e. The molecule has 0 fully saturated rings. The molecular formula is C33H36FN3O4. The first kappa shape index (κ1) is 31.0. The lowest BCUT2D eigenvalue weighted by Crippen LogP contribution is -2.42. The SMILES string of the molecule is C=C(/C=C\C=C/C)[C@H](NCCc1ccc(-n2c(N)c(C(=O)c3ccc(F)cc3)ccc2=O)cc1)C(=O)OC(C)(C)C. The monoisotopic (exact) mass is 557 g/mol. The number of benzene rings is 2. The van der Waals surface area contributed by atoms with Crippen LogP contribution < -0.4 is 16.6 Å². The summed E-state index contributed by atoms with van der Waals surface area (Å²) in [5.41, 5.74) is 7.67. The molecule has 0 saturated carbocycles. The van der Waals surface area contributed by atoms with Gasteiger partial charge in [-0.2, -0.15) is 0 Å². The predicted molar refractivity (Wildman–Crippen MR) is 161 cm³/mol. The number of aromatic nitrogens is 1. The van der Waals surface area contributed by atoms with Gasteiger partial charge in [0.1, 0.15) is 23.3 Å². The lowest BCUT2D eigenvalue weighted by Gasteiger charge is -2.25. The van der Waals surface area contributed by atoms with Crippen LogP contribution in [0.5, 0.6) is 0 Å². The van der Waals surface area contributed by atoms with Crippen molar-refractivity contribution in [2.75, 3.05) is 12.3 Å². The second kappa shape index (κ2) is 13.7. The first-order valence-corrected chi connectivity index (χ1v) is 13.3. The van der Waals surface area contributed by atoms with Gasteiger partial charge in [-0.05, 0) is 87.7 Å². The van der Waals surface area contributed by atoms with Crippen LogP contribution in [0.25, 0.3) is 5.69 Å². The summed E-state index contributed by atoms with van der Waals surface area (Å²) in [5, 5.41) is 3.24. The summed E-state index contributed by atoms with van der Waals surface area (Å²) in [4.78, 5) is 38.5. The number of allylic oxidation sites excluding steroid dienone is 3. The molecule has 41 heavy (non-hydrogen) atoms. The molecule has 3 aromatic rings. The van der Waals surface area contributed by atoms with Crippen molar-refractivity contribution in [3.63, 3.8) is 0 Å². The molecule has 0 aliphatic heterocycles. The van der Waals surface area contributed by atoms with E-state index in [-0.39, 0.29) is 16.9 Å². The minimum atomic E-state index is -0.713. The third-order valence-electron chi connectivity index (χ3n) is 6.06. The van der Waals surface area contributed by atoms with Gasteiger partial charge in [-0.15, -0.1) is 0 Å². The van der Waals surface area contributed by atoms with E-state index in [4.69, 9.17) is 10.5 Å². The number of pyridine rings is 1. The summed E-state index contributed by atoms with van der Waals surface area (Å²) in [6.45, 7) is 11.8. The molecule has 0 spiro atoms. The van der Waals surface area contributed by atoms with Gasteiger partial charge in [-0.25, -0.2) is 9.18 Å². The highest BCUT2D eigenvalue weighted by Crippen LogP contribution is 2.20. The van der Waals surface area contributed by atoms with Crippen LogP contribution in [-0.4, -0.2) is 34.5 Å². The van der Waals surface area contributed by atoms with Gasteiger partial charge in [0.2, 0.25) is 0 Å². The van der Waals surface area contributed by atoms with Gasteiger partial charge in [0.05, 0.1) is 11.3 Å². The largest absolute Gasteiger partial charge is 0.459 e. The molecular weight excluding hydrogens is 521 g/mol. The normalized spacial score (nSPS) is 12.5. The van der Waals surface area contributed by atoms with Gasteiger partial charge in [-0.1, -0.05) is 43.0 Å². The first-order chi connectivity index (χ1) is 19.4. The molecule has 0 bridgehead atoms. The van der Waals surface area contributed by atoms with Crippen LogP contribution in [0.2, 0.25) is 0 Å². The molecule has 3 N–H and O–H groups in total. The minimum absolute atomic E-state index is 0.00840. The molecule has 1 aromatic heterocycles. The van der Waals surface area contributed by atoms with Gasteiger partial charge in [0.25, 0.3) is 5.56 Å². The second-order valence-electron chi connectivity index (χ2n) is 10.4. The topological polar surface area (TPSA) is 103 Å². The second-order valence-corrected chi connectivity index (χ2v) is 10.4. The molecule has 7 nitrogen and oxygen atoms in total. The number of halogens is 1. The number of nitrogens with zero attached hydrogens (tertiary/aromatic N) is 1. The van der Waals surface area contributed by atoms with Crippen molar-refractivity contribution in [3.8, 4) is 5.69 Å². The number of nitrogens with one attached hydrogen (secondary N) is 1. The van der Waals surface area contributed by atoms with Crippen LogP contribution in [0.3, 0.4) is 0 Å². The van der Waals surface area contributed by atoms with Crippen molar-refractivity contribution < 1.29 is 18.7 Å². The number of ether oxygens (including phenoxy) is 1. The van der Waals surface area contributed by atoms with Crippen LogP contribution in [0.4, 0.5) is 10.2 Å². The van der Waals surface area contributed by atoms with Crippen LogP contribution in [0.15, 0.2) is 102 Å². The number of carbonyl (C=O) groups excluding carboxylic acids is 2. The summed E-state index contributed by atoms with van der Waals surface area (Å²) < 4.78 is 20.1. The van der Waals surface area contributed by atoms with Gasteiger partial charge in [0, 0.05) is 18.2 Å². The van der Waals surface area contributed by atoms with E-state index >= 15 is 0 Å². The van der Waals surface area contributed by atoms with Crippen molar-refractivity contribution in [2.24, 2.45) is 0 Å². The number of rotatable bonds is 11. The van der Waals surface area contributed by atoms with Crippen LogP contribution in [0.1, 0.15) is 49.2 Å². The van der Waals surface area contributed by atoms with Gasteiger partial charge in [0.15, 0.2) is 5.78 Å². The Morgan fingerprint density at radius 1 is 1.05 bits per heavy atom. The molecule has 0 aliphatic rings. The molecule has 1 heterocycles. The molecule has 0 amide bonds. The molecule has 3 rings (SSSR count). The summed E-state index contributed by atoms with van der Waals surface area (Å²) >= 11 is 0. The number of carbonyl (C=O) groups is 2. The Balaban J connectivity index is 1.75. The quantitative estimate of drug-likeness (QED) is 0.188. The number of ketones is 1. The number of hydrogen-bond donors (Lipinski definition) is 2. The number of esters is 1. The Morgan fingerprint density at radius 3 is 2.32 bits per heavy atom. The highest BCUT2D eigenvalue weighted by Gasteiger charge is 2.26. The van der Waals surface area contributed by atoms with E-state index in [1.807, 2.05) is 58.1 Å². The first-order valence-electron chi connectivity index (χ1n) is 13.3. The molecule has 0 radical (unpaired) electrons. The van der Waals surface area contributed by atoms with Crippen LogP contribution in [-0.2, 0) is 16.0 Å². The maximum absolute atomic E-state index is 13.3. The third-order valence-corrected chi connectivity index (χ3v) is 6.06. The Hall–Kier alpha value is -4.56. The van der Waals surface area contributed by atoms with Crippen LogP contribution >= 0.6 is 0 Å². The zero-order valence-corrected chi connectivity index (χ0v) is 23.8. The van der Waals surface area contributed by atoms with Gasteiger partial charge >= 0.3 is 5.97 Å². The van der Waals surface area contributed by atoms with E-state index in [0.717, 1.165) is 5.56 Å². The summed E-state index contributed by atoms with van der Waals surface area (Å²) in [7, 11) is 0. The fraction of sp³-hybridized carbons (Fsp3) is 0.242. The standard InChI is InChI=1S/C33H36FN3O4/c1-6-7-8-9-22(2)29(32(40)41-33(3,4)5)36-21-20-23-10-16-26(17-11-23)37-28(38)19-18-27(31(37)35)30(39)24-12-14-25(34)15-13-24/h6-19,29,36H,2,20-21,35H2,1,3-5H3/b7-6-,9-8-/t29-/m0/s1. The minimum Gasteiger partial charge on any atom is -0.459 e. The molecule has 1 atom stereocenters. The number of nitrogens with two attached hydrogens (primary N) is 1. The molecule has 0 aliphatic carbocycles. The van der Waals surface area contributed by atoms with Gasteiger partial charge in [-0.3, -0.25) is 14.2 Å². The van der Waals surface area contributed by atoms with Crippen molar-refractivity contribution in [3.05, 3.63) is 130 Å². The van der Waals surface area contributed by atoms with E-state index in [2.05, 4.69) is 11.9 Å². The Kier molecular flexibility index (Phi) is 10.3. The van der Waals surface area contributed by atoms with Crippen molar-refractivity contribution >= 4 is 17.6 Å². The highest BCUT2D eigenvalue weighted by molar-refractivity contribution is 6.11. The fourth-order valence-electron chi connectivity index (χ4n) is 4.05. The van der Waals surface area contributed by atoms with E-state index < -0.39 is 34.8 Å². The molecule has 214 valence electrons. The molecule has 2 aromatic carbocycles. The van der Waals surface area contributed by atoms with Gasteiger partial charge < -0.3 is 15.8 Å². The van der Waals surface area contributed by atoms with E-state index in [0.29, 0.717) is 24.2 Å². The number of hydrogen-bond acceptors (Lipinski definition) is 6. The lowest BCUT2D eigenvalue weighted by molar-refractivity contribution is -0.156. The predicted octanol–water partition coefficient (Wildman–Crippen LogP) is 5.32. The Morgan fingerprint density at radius 2 is 1.71 bits per heavy atom. The number of anilines is 1. The average molecular weight is 558 g/mol. The Labute approximate surface area is 239 Å². The Bertz CT molecular complexity index is 1510. The number of nitrogen functional groups attached to an aromatic ring is 1. The summed E-state index contributed by atoms with van der Waals surface area (Å²) in [5.74, 6) is -1.29. The molecule has 0 saturated heterocycles. The maximum Gasteiger partial charge on any atom is 0.328 e. The fourth-order valence-corrected chi connectivity index (χ4v) is 4.05. The van der Waals surface area contributed by atoms with E-state index in [1.165, 1.54) is 41.0 Å². The van der Waals surface area contributed by atoms with Crippen molar-refractivity contribution in [1.82, 2.24) is 9.88 Å². The van der Waals surface area contributed by atoms with Crippen molar-refractivity contribution in [2.45, 2.75) is 45.8 Å². The average Bonchev–Trinajstić information content (AvgIpc) is 2.91. The van der Waals surface area contributed by atoms with Crippen molar-refractivity contribution in [1.29, 1.82) is 0 Å².